The Morgan fingerprint density at radius 2 is 1.89 bits per heavy atom. The van der Waals surface area contributed by atoms with Crippen molar-refractivity contribution in [1.29, 1.82) is 0 Å². The average molecular weight is 388 g/mol. The fourth-order valence-electron chi connectivity index (χ4n) is 2.68. The maximum absolute atomic E-state index is 12.5. The third kappa shape index (κ3) is 4.97. The van der Waals surface area contributed by atoms with E-state index in [-0.39, 0.29) is 24.3 Å². The predicted octanol–water partition coefficient (Wildman–Crippen LogP) is 2.29. The minimum Gasteiger partial charge on any atom is -0.497 e. The van der Waals surface area contributed by atoms with Crippen LogP contribution in [0.2, 0.25) is 0 Å². The maximum atomic E-state index is 12.5. The molecular formula is C19H20N2O7. The number of hydrogen-bond acceptors (Lipinski definition) is 6. The van der Waals surface area contributed by atoms with E-state index in [0.717, 1.165) is 6.07 Å². The molecule has 0 heterocycles. The van der Waals surface area contributed by atoms with E-state index in [2.05, 4.69) is 5.32 Å². The summed E-state index contributed by atoms with van der Waals surface area (Å²) >= 11 is 0. The van der Waals surface area contributed by atoms with Gasteiger partial charge >= 0.3 is 5.97 Å². The van der Waals surface area contributed by atoms with Gasteiger partial charge in [0.25, 0.3) is 11.6 Å². The molecular weight excluding hydrogens is 368 g/mol. The summed E-state index contributed by atoms with van der Waals surface area (Å²) in [4.78, 5) is 34.5. The molecule has 0 saturated carbocycles. The first-order valence-electron chi connectivity index (χ1n) is 8.32. The summed E-state index contributed by atoms with van der Waals surface area (Å²) in [6, 6.07) is 10.8. The number of nitrogens with zero attached hydrogens (tertiary/aromatic N) is 1. The Hall–Kier alpha value is -3.62. The molecule has 0 aliphatic rings. The van der Waals surface area contributed by atoms with Gasteiger partial charge in [0.15, 0.2) is 0 Å². The second kappa shape index (κ2) is 9.36. The Morgan fingerprint density at radius 1 is 1.18 bits per heavy atom. The number of carboxylic acid groups (broad SMARTS) is 1. The number of benzene rings is 2. The van der Waals surface area contributed by atoms with Crippen molar-refractivity contribution in [2.24, 2.45) is 5.92 Å². The molecule has 148 valence electrons. The molecule has 2 rings (SSSR count). The topological polar surface area (TPSA) is 128 Å². The van der Waals surface area contributed by atoms with Crippen LogP contribution >= 0.6 is 0 Å². The molecule has 1 atom stereocenters. The van der Waals surface area contributed by atoms with Crippen molar-refractivity contribution in [2.45, 2.75) is 6.42 Å². The van der Waals surface area contributed by atoms with Crippen LogP contribution < -0.4 is 14.8 Å². The molecule has 9 heteroatoms. The highest BCUT2D eigenvalue weighted by Gasteiger charge is 2.24. The summed E-state index contributed by atoms with van der Waals surface area (Å²) in [5.74, 6) is -1.98. The third-order valence-electron chi connectivity index (χ3n) is 4.16. The molecule has 0 fully saturated rings. The van der Waals surface area contributed by atoms with Gasteiger partial charge < -0.3 is 19.9 Å². The Kier molecular flexibility index (Phi) is 6.91. The van der Waals surface area contributed by atoms with Gasteiger partial charge in [-0.05, 0) is 30.2 Å². The average Bonchev–Trinajstić information content (AvgIpc) is 2.70. The summed E-state index contributed by atoms with van der Waals surface area (Å²) < 4.78 is 10.2. The first-order valence-corrected chi connectivity index (χ1v) is 8.32. The van der Waals surface area contributed by atoms with Gasteiger partial charge in [-0.2, -0.15) is 0 Å². The highest BCUT2D eigenvalue weighted by molar-refractivity contribution is 5.98. The van der Waals surface area contributed by atoms with Crippen molar-refractivity contribution in [1.82, 2.24) is 5.32 Å². The smallest absolute Gasteiger partial charge is 0.308 e. The van der Waals surface area contributed by atoms with Crippen LogP contribution in [0.5, 0.6) is 11.5 Å². The largest absolute Gasteiger partial charge is 0.497 e. The SMILES string of the molecule is COc1ccc([N+](=O)[O-])c(C(=O)NCC(Cc2ccccc2OC)C(=O)O)c1. The van der Waals surface area contributed by atoms with Crippen LogP contribution in [0.4, 0.5) is 5.69 Å². The first kappa shape index (κ1) is 20.7. The van der Waals surface area contributed by atoms with E-state index in [1.54, 1.807) is 24.3 Å². The lowest BCUT2D eigenvalue weighted by molar-refractivity contribution is -0.385. The summed E-state index contributed by atoms with van der Waals surface area (Å²) in [5, 5.41) is 23.1. The summed E-state index contributed by atoms with van der Waals surface area (Å²) in [7, 11) is 2.86. The second-order valence-electron chi connectivity index (χ2n) is 5.90. The fourth-order valence-corrected chi connectivity index (χ4v) is 2.68. The molecule has 28 heavy (non-hydrogen) atoms. The van der Waals surface area contributed by atoms with Crippen LogP contribution in [0.1, 0.15) is 15.9 Å². The van der Waals surface area contributed by atoms with Gasteiger partial charge in [-0.25, -0.2) is 0 Å². The zero-order valence-electron chi connectivity index (χ0n) is 15.4. The van der Waals surface area contributed by atoms with Crippen LogP contribution in [0, 0.1) is 16.0 Å². The van der Waals surface area contributed by atoms with Gasteiger partial charge in [-0.3, -0.25) is 19.7 Å². The summed E-state index contributed by atoms with van der Waals surface area (Å²) in [6.07, 6.45) is 0.125. The normalized spacial score (nSPS) is 11.4. The lowest BCUT2D eigenvalue weighted by Gasteiger charge is -2.15. The van der Waals surface area contributed by atoms with Crippen LogP contribution in [0.25, 0.3) is 0 Å². The molecule has 2 aromatic rings. The van der Waals surface area contributed by atoms with Gasteiger partial charge in [0.2, 0.25) is 0 Å². The number of aliphatic carboxylic acids is 1. The van der Waals surface area contributed by atoms with E-state index in [0.29, 0.717) is 11.3 Å². The van der Waals surface area contributed by atoms with Crippen molar-refractivity contribution in [3.05, 3.63) is 63.7 Å². The quantitative estimate of drug-likeness (QED) is 0.498. The van der Waals surface area contributed by atoms with Crippen LogP contribution in [-0.2, 0) is 11.2 Å². The Morgan fingerprint density at radius 3 is 2.50 bits per heavy atom. The minimum atomic E-state index is -1.11. The molecule has 1 unspecified atom stereocenters. The summed E-state index contributed by atoms with van der Waals surface area (Å²) in [5.41, 5.74) is 0.0830. The lowest BCUT2D eigenvalue weighted by atomic mass is 9.98. The van der Waals surface area contributed by atoms with Gasteiger partial charge in [-0.1, -0.05) is 18.2 Å². The molecule has 0 aromatic heterocycles. The molecule has 0 saturated heterocycles. The molecule has 2 aromatic carbocycles. The van der Waals surface area contributed by atoms with Crippen LogP contribution in [-0.4, -0.2) is 42.7 Å². The second-order valence-corrected chi connectivity index (χ2v) is 5.90. The van der Waals surface area contributed by atoms with E-state index in [1.165, 1.54) is 26.4 Å². The Balaban J connectivity index is 2.17. The number of carboxylic acids is 1. The van der Waals surface area contributed by atoms with E-state index >= 15 is 0 Å². The van der Waals surface area contributed by atoms with E-state index in [4.69, 9.17) is 9.47 Å². The lowest BCUT2D eigenvalue weighted by Crippen LogP contribution is -2.34. The Bertz CT molecular complexity index is 882. The fraction of sp³-hybridized carbons (Fsp3) is 0.263. The van der Waals surface area contributed by atoms with Gasteiger partial charge in [0.1, 0.15) is 17.1 Å². The van der Waals surface area contributed by atoms with E-state index in [9.17, 15) is 24.8 Å². The zero-order valence-corrected chi connectivity index (χ0v) is 15.4. The van der Waals surface area contributed by atoms with E-state index < -0.39 is 28.4 Å². The van der Waals surface area contributed by atoms with Crippen molar-refractivity contribution < 1.29 is 29.1 Å². The predicted molar refractivity (Wildman–Crippen MR) is 99.8 cm³/mol. The molecule has 1 amide bonds. The molecule has 0 spiro atoms. The number of para-hydroxylation sites is 1. The van der Waals surface area contributed by atoms with E-state index in [1.807, 2.05) is 0 Å². The number of methoxy groups -OCH3 is 2. The highest BCUT2D eigenvalue weighted by Crippen LogP contribution is 2.24. The number of nitro groups is 1. The molecule has 0 radical (unpaired) electrons. The molecule has 9 nitrogen and oxygen atoms in total. The number of carbonyl (C=O) groups excluding carboxylic acids is 1. The van der Waals surface area contributed by atoms with Gasteiger partial charge in [0, 0.05) is 12.6 Å². The third-order valence-corrected chi connectivity index (χ3v) is 4.16. The maximum Gasteiger partial charge on any atom is 0.308 e. The van der Waals surface area contributed by atoms with Crippen molar-refractivity contribution in [3.8, 4) is 11.5 Å². The van der Waals surface area contributed by atoms with Gasteiger partial charge in [0.05, 0.1) is 25.1 Å². The summed E-state index contributed by atoms with van der Waals surface area (Å²) in [6.45, 7) is -0.208. The molecule has 2 N–H and O–H groups in total. The molecule has 0 aliphatic carbocycles. The van der Waals surface area contributed by atoms with Crippen molar-refractivity contribution in [3.63, 3.8) is 0 Å². The zero-order chi connectivity index (χ0) is 20.7. The van der Waals surface area contributed by atoms with Crippen LogP contribution in [0.15, 0.2) is 42.5 Å². The van der Waals surface area contributed by atoms with Gasteiger partial charge in [-0.15, -0.1) is 0 Å². The van der Waals surface area contributed by atoms with Crippen molar-refractivity contribution >= 4 is 17.6 Å². The monoisotopic (exact) mass is 388 g/mol. The standard InChI is InChI=1S/C19H20N2O7/c1-27-14-7-8-16(21(25)26)15(10-14)18(22)20-11-13(19(23)24)9-12-5-3-4-6-17(12)28-2/h3-8,10,13H,9,11H2,1-2H3,(H,20,22)(H,23,24). The number of nitrogens with one attached hydrogen (secondary N) is 1. The minimum absolute atomic E-state index is 0.125. The van der Waals surface area contributed by atoms with Crippen molar-refractivity contribution in [2.75, 3.05) is 20.8 Å². The number of nitro benzene ring substituents is 1. The highest BCUT2D eigenvalue weighted by atomic mass is 16.6. The molecule has 0 bridgehead atoms. The first-order chi connectivity index (χ1) is 13.4. The number of rotatable bonds is 9. The Labute approximate surface area is 161 Å². The number of hydrogen-bond donors (Lipinski definition) is 2. The number of ether oxygens (including phenoxy) is 2. The van der Waals surface area contributed by atoms with Crippen LogP contribution in [0.3, 0.4) is 0 Å². The number of amides is 1. The number of carbonyl (C=O) groups is 2. The molecule has 0 aliphatic heterocycles.